The number of pyridine rings is 1. The van der Waals surface area contributed by atoms with Crippen molar-refractivity contribution in [2.75, 3.05) is 0 Å². The Morgan fingerprint density at radius 2 is 1.02 bits per heavy atom. The Labute approximate surface area is 278 Å². The summed E-state index contributed by atoms with van der Waals surface area (Å²) in [6.07, 6.45) is 1.85. The molecule has 0 aliphatic carbocycles. The zero-order chi connectivity index (χ0) is 32.4. The van der Waals surface area contributed by atoms with Gasteiger partial charge < -0.3 is 9.13 Å². The molecule has 4 heteroatoms. The fourth-order valence-corrected chi connectivity index (χ4v) is 7.39. The zero-order valence-corrected chi connectivity index (χ0v) is 26.6. The van der Waals surface area contributed by atoms with Crippen LogP contribution >= 0.6 is 0 Å². The molecule has 0 amide bonds. The van der Waals surface area contributed by atoms with E-state index in [1.807, 2.05) is 30.5 Å². The number of rotatable bonds is 4. The van der Waals surface area contributed by atoms with Crippen LogP contribution in [0.4, 0.5) is 0 Å². The molecule has 0 aliphatic heterocycles. The van der Waals surface area contributed by atoms with Crippen LogP contribution in [-0.2, 0) is 0 Å². The van der Waals surface area contributed by atoms with E-state index in [1.54, 1.807) is 0 Å². The summed E-state index contributed by atoms with van der Waals surface area (Å²) in [5.41, 5.74) is 12.9. The van der Waals surface area contributed by atoms with Gasteiger partial charge in [0.15, 0.2) is 0 Å². The maximum Gasteiger partial charge on any atom is 0.104 e. The fraction of sp³-hybridized carbons (Fsp3) is 0.0455. The summed E-state index contributed by atoms with van der Waals surface area (Å²) < 4.78 is 4.54. The van der Waals surface area contributed by atoms with Crippen molar-refractivity contribution in [1.29, 1.82) is 5.26 Å². The van der Waals surface area contributed by atoms with Gasteiger partial charge in [-0.1, -0.05) is 96.1 Å². The molecule has 48 heavy (non-hydrogen) atoms. The van der Waals surface area contributed by atoms with Crippen molar-refractivity contribution in [3.05, 3.63) is 162 Å². The highest BCUT2D eigenvalue weighted by Gasteiger charge is 2.23. The van der Waals surface area contributed by atoms with Crippen LogP contribution in [0, 0.1) is 25.2 Å². The normalized spacial score (nSPS) is 11.5. The lowest BCUT2D eigenvalue weighted by Crippen LogP contribution is -2.05. The van der Waals surface area contributed by atoms with Crippen LogP contribution in [0.2, 0.25) is 0 Å². The first kappa shape index (κ1) is 27.8. The van der Waals surface area contributed by atoms with Gasteiger partial charge >= 0.3 is 0 Å². The molecule has 9 aromatic rings. The number of hydrogen-bond donors (Lipinski definition) is 0. The van der Waals surface area contributed by atoms with Crippen molar-refractivity contribution in [1.82, 2.24) is 14.1 Å². The van der Waals surface area contributed by atoms with Crippen molar-refractivity contribution in [3.63, 3.8) is 0 Å². The zero-order valence-electron chi connectivity index (χ0n) is 26.6. The molecule has 0 saturated carbocycles. The van der Waals surface area contributed by atoms with Gasteiger partial charge in [-0.3, -0.25) is 4.98 Å². The summed E-state index contributed by atoms with van der Waals surface area (Å²) in [5.74, 6) is 0. The van der Waals surface area contributed by atoms with E-state index in [4.69, 9.17) is 4.98 Å². The number of aryl methyl sites for hydroxylation is 2. The topological polar surface area (TPSA) is 46.5 Å². The molecule has 6 aromatic carbocycles. The number of fused-ring (bicyclic) bond motifs is 6. The van der Waals surface area contributed by atoms with Gasteiger partial charge in [0.2, 0.25) is 0 Å². The van der Waals surface area contributed by atoms with Crippen LogP contribution in [0.3, 0.4) is 0 Å². The number of nitriles is 1. The molecule has 0 radical (unpaired) electrons. The van der Waals surface area contributed by atoms with Crippen molar-refractivity contribution >= 4 is 43.6 Å². The molecule has 3 aromatic heterocycles. The fourth-order valence-electron chi connectivity index (χ4n) is 7.39. The maximum absolute atomic E-state index is 11.2. The van der Waals surface area contributed by atoms with Gasteiger partial charge in [0.25, 0.3) is 0 Å². The third kappa shape index (κ3) is 4.18. The molecule has 0 unspecified atom stereocenters. The third-order valence-electron chi connectivity index (χ3n) is 9.51. The molecule has 3 heterocycles. The molecule has 4 nitrogen and oxygen atoms in total. The van der Waals surface area contributed by atoms with Gasteiger partial charge in [0.1, 0.15) is 11.6 Å². The third-order valence-corrected chi connectivity index (χ3v) is 9.51. The molecule has 0 spiro atoms. The molecular formula is C44H30N4. The Balaban J connectivity index is 1.47. The molecule has 0 bridgehead atoms. The Kier molecular flexibility index (Phi) is 6.28. The largest absolute Gasteiger partial charge is 0.308 e. The van der Waals surface area contributed by atoms with Crippen LogP contribution in [0.5, 0.6) is 0 Å². The number of benzene rings is 6. The average Bonchev–Trinajstić information content (AvgIpc) is 3.63. The monoisotopic (exact) mass is 614 g/mol. The molecular weight excluding hydrogens is 585 g/mol. The second-order valence-electron chi connectivity index (χ2n) is 12.5. The number of nitrogens with zero attached hydrogens (tertiary/aromatic N) is 4. The van der Waals surface area contributed by atoms with Gasteiger partial charge in [0, 0.05) is 38.9 Å². The minimum atomic E-state index is 0.607. The predicted octanol–water partition coefficient (Wildman–Crippen LogP) is 11.1. The van der Waals surface area contributed by atoms with Gasteiger partial charge in [-0.25, -0.2) is 0 Å². The van der Waals surface area contributed by atoms with E-state index in [0.717, 1.165) is 66.6 Å². The van der Waals surface area contributed by atoms with Crippen LogP contribution < -0.4 is 0 Å². The highest BCUT2D eigenvalue weighted by Crippen LogP contribution is 2.41. The summed E-state index contributed by atoms with van der Waals surface area (Å²) in [7, 11) is 0. The standard InChI is InChI=1S/C44H30N4/c1-28-18-20-40-35(23-28)33-13-6-8-16-38(33)47(40)42-25-31(32-15-10-22-46-44(32)30-11-4-3-5-12-30)26-43(37(42)27-45)48-39-17-9-7-14-34(39)36-24-29(2)19-21-41(36)48/h3-26H,1-2H3. The maximum atomic E-state index is 11.2. The smallest absolute Gasteiger partial charge is 0.104 e. The van der Waals surface area contributed by atoms with E-state index in [0.29, 0.717) is 5.56 Å². The molecule has 0 saturated heterocycles. The minimum absolute atomic E-state index is 0.607. The summed E-state index contributed by atoms with van der Waals surface area (Å²) in [6, 6.07) is 51.6. The van der Waals surface area contributed by atoms with E-state index in [2.05, 4.69) is 144 Å². The second kappa shape index (κ2) is 10.8. The van der Waals surface area contributed by atoms with Crippen LogP contribution in [-0.4, -0.2) is 14.1 Å². The summed E-state index contributed by atoms with van der Waals surface area (Å²) in [5, 5.41) is 15.8. The number of hydrogen-bond acceptors (Lipinski definition) is 2. The Hall–Kier alpha value is -6.44. The Bertz CT molecular complexity index is 2620. The van der Waals surface area contributed by atoms with E-state index >= 15 is 0 Å². The Morgan fingerprint density at radius 3 is 1.58 bits per heavy atom. The lowest BCUT2D eigenvalue weighted by Gasteiger charge is -2.19. The predicted molar refractivity (Wildman–Crippen MR) is 198 cm³/mol. The molecule has 0 aliphatic rings. The van der Waals surface area contributed by atoms with Crippen molar-refractivity contribution < 1.29 is 0 Å². The van der Waals surface area contributed by atoms with Crippen molar-refractivity contribution in [3.8, 4) is 39.8 Å². The molecule has 0 atom stereocenters. The van der Waals surface area contributed by atoms with E-state index < -0.39 is 0 Å². The van der Waals surface area contributed by atoms with Gasteiger partial charge in [0.05, 0.1) is 39.1 Å². The molecule has 9 rings (SSSR count). The minimum Gasteiger partial charge on any atom is -0.308 e. The first-order valence-corrected chi connectivity index (χ1v) is 16.2. The summed E-state index contributed by atoms with van der Waals surface area (Å²) in [4.78, 5) is 4.89. The quantitative estimate of drug-likeness (QED) is 0.198. The molecule has 226 valence electrons. The number of aromatic nitrogens is 3. The van der Waals surface area contributed by atoms with Crippen molar-refractivity contribution in [2.24, 2.45) is 0 Å². The molecule has 0 N–H and O–H groups in total. The van der Waals surface area contributed by atoms with Gasteiger partial charge in [-0.15, -0.1) is 0 Å². The number of para-hydroxylation sites is 2. The van der Waals surface area contributed by atoms with Gasteiger partial charge in [-0.2, -0.15) is 5.26 Å². The second-order valence-corrected chi connectivity index (χ2v) is 12.5. The van der Waals surface area contributed by atoms with Crippen LogP contribution in [0.1, 0.15) is 16.7 Å². The van der Waals surface area contributed by atoms with E-state index in [9.17, 15) is 5.26 Å². The van der Waals surface area contributed by atoms with Gasteiger partial charge in [-0.05, 0) is 74.0 Å². The lowest BCUT2D eigenvalue weighted by molar-refractivity contribution is 1.12. The van der Waals surface area contributed by atoms with Crippen LogP contribution in [0.15, 0.2) is 146 Å². The lowest BCUT2D eigenvalue weighted by atomic mass is 9.96. The summed E-state index contributed by atoms with van der Waals surface area (Å²) in [6.45, 7) is 4.25. The SMILES string of the molecule is Cc1ccc2c(c1)c1ccccc1n2-c1cc(-c2cccnc2-c2ccccc2)cc(-n2c3ccccc3c3cc(C)ccc32)c1C#N. The molecule has 0 fully saturated rings. The first-order valence-electron chi connectivity index (χ1n) is 16.2. The van der Waals surface area contributed by atoms with Crippen molar-refractivity contribution in [2.45, 2.75) is 13.8 Å². The highest BCUT2D eigenvalue weighted by molar-refractivity contribution is 6.11. The Morgan fingerprint density at radius 1 is 0.500 bits per heavy atom. The first-order chi connectivity index (χ1) is 23.6. The van der Waals surface area contributed by atoms with Crippen LogP contribution in [0.25, 0.3) is 77.4 Å². The summed E-state index contributed by atoms with van der Waals surface area (Å²) >= 11 is 0. The average molecular weight is 615 g/mol. The van der Waals surface area contributed by atoms with E-state index in [1.165, 1.54) is 21.9 Å². The highest BCUT2D eigenvalue weighted by atomic mass is 15.0. The van der Waals surface area contributed by atoms with E-state index in [-0.39, 0.29) is 0 Å².